The highest BCUT2D eigenvalue weighted by Crippen LogP contribution is 2.45. The minimum atomic E-state index is -0.475. The topological polar surface area (TPSA) is 41.9 Å². The maximum absolute atomic E-state index is 13.8. The van der Waals surface area contributed by atoms with Crippen molar-refractivity contribution in [1.82, 2.24) is 4.90 Å². The zero-order valence-electron chi connectivity index (χ0n) is 17.5. The van der Waals surface area contributed by atoms with Gasteiger partial charge < -0.3 is 9.74 Å². The minimum Gasteiger partial charge on any atom is -0.382 e. The first-order valence-corrected chi connectivity index (χ1v) is 11.5. The molecule has 0 radical (unpaired) electrons. The molecule has 2 aromatic rings. The molecular weight excluding hydrogens is 372 g/mol. The van der Waals surface area contributed by atoms with Crippen molar-refractivity contribution in [2.24, 2.45) is 11.1 Å². The molecule has 4 heteroatoms. The maximum atomic E-state index is 13.8. The van der Waals surface area contributed by atoms with Crippen LogP contribution in [0.25, 0.3) is 0 Å². The van der Waals surface area contributed by atoms with E-state index in [9.17, 15) is 4.79 Å². The number of hydrogen-bond donors (Lipinski definition) is 0. The van der Waals surface area contributed by atoms with Crippen LogP contribution in [0.1, 0.15) is 74.6 Å². The molecule has 0 bridgehead atoms. The van der Waals surface area contributed by atoms with Crippen LogP contribution in [0.5, 0.6) is 0 Å². The molecule has 1 saturated carbocycles. The highest BCUT2D eigenvalue weighted by Gasteiger charge is 2.44. The van der Waals surface area contributed by atoms with Crippen molar-refractivity contribution in [3.8, 4) is 0 Å². The lowest BCUT2D eigenvalue weighted by Gasteiger charge is -2.32. The van der Waals surface area contributed by atoms with Crippen LogP contribution in [0.15, 0.2) is 65.8 Å². The highest BCUT2D eigenvalue weighted by atomic mass is 16.6. The number of rotatable bonds is 4. The second-order valence-electron chi connectivity index (χ2n) is 8.89. The summed E-state index contributed by atoms with van der Waals surface area (Å²) in [4.78, 5) is 21.6. The molecule has 1 saturated heterocycles. The Bertz CT molecular complexity index is 842. The van der Waals surface area contributed by atoms with E-state index in [2.05, 4.69) is 58.6 Å². The third-order valence-electron chi connectivity index (χ3n) is 7.05. The summed E-state index contributed by atoms with van der Waals surface area (Å²) >= 11 is 0. The van der Waals surface area contributed by atoms with Gasteiger partial charge in [-0.05, 0) is 36.8 Å². The van der Waals surface area contributed by atoms with Crippen LogP contribution in [-0.2, 0) is 9.63 Å². The number of nitrogens with zero attached hydrogens (tertiary/aromatic N) is 2. The van der Waals surface area contributed by atoms with Crippen LogP contribution in [0, 0.1) is 5.92 Å². The smallest absolute Gasteiger partial charge is 0.267 e. The Hall–Kier alpha value is -2.62. The number of hydrogen-bond acceptors (Lipinski definition) is 3. The van der Waals surface area contributed by atoms with Gasteiger partial charge in [0.05, 0.1) is 17.8 Å². The lowest BCUT2D eigenvalue weighted by Crippen LogP contribution is -2.40. The van der Waals surface area contributed by atoms with Gasteiger partial charge in [0.2, 0.25) is 6.10 Å². The number of oxime groups is 1. The largest absolute Gasteiger partial charge is 0.382 e. The third-order valence-corrected chi connectivity index (χ3v) is 7.05. The summed E-state index contributed by atoms with van der Waals surface area (Å²) in [6.07, 6.45) is 8.34. The van der Waals surface area contributed by atoms with Gasteiger partial charge in [-0.3, -0.25) is 4.79 Å². The minimum absolute atomic E-state index is 0.0877. The second-order valence-corrected chi connectivity index (χ2v) is 8.89. The first-order chi connectivity index (χ1) is 14.8. The van der Waals surface area contributed by atoms with Crippen molar-refractivity contribution >= 4 is 11.6 Å². The fourth-order valence-electron chi connectivity index (χ4n) is 5.49. The summed E-state index contributed by atoms with van der Waals surface area (Å²) in [7, 11) is 0. The molecule has 2 aliphatic heterocycles. The van der Waals surface area contributed by atoms with Gasteiger partial charge in [0, 0.05) is 12.3 Å². The molecule has 1 aliphatic carbocycles. The van der Waals surface area contributed by atoms with E-state index >= 15 is 0 Å². The predicted molar refractivity (Wildman–Crippen MR) is 118 cm³/mol. The summed E-state index contributed by atoms with van der Waals surface area (Å²) < 4.78 is 0. The van der Waals surface area contributed by atoms with Crippen molar-refractivity contribution in [2.45, 2.75) is 69.6 Å². The molecule has 30 heavy (non-hydrogen) atoms. The average Bonchev–Trinajstić information content (AvgIpc) is 3.48. The number of benzene rings is 2. The summed E-state index contributed by atoms with van der Waals surface area (Å²) in [5, 5.41) is 4.40. The molecule has 1 amide bonds. The Labute approximate surface area is 178 Å². The van der Waals surface area contributed by atoms with Gasteiger partial charge in [0.1, 0.15) is 0 Å². The van der Waals surface area contributed by atoms with Crippen molar-refractivity contribution in [3.05, 3.63) is 71.8 Å². The number of amides is 1. The molecule has 4 nitrogen and oxygen atoms in total. The van der Waals surface area contributed by atoms with Gasteiger partial charge in [-0.1, -0.05) is 85.1 Å². The predicted octanol–water partition coefficient (Wildman–Crippen LogP) is 5.82. The fourth-order valence-corrected chi connectivity index (χ4v) is 5.49. The van der Waals surface area contributed by atoms with Crippen LogP contribution in [0.2, 0.25) is 0 Å². The Balaban J connectivity index is 1.38. The molecule has 0 unspecified atom stereocenters. The van der Waals surface area contributed by atoms with Gasteiger partial charge in [0.15, 0.2) is 0 Å². The van der Waals surface area contributed by atoms with Crippen molar-refractivity contribution < 1.29 is 9.63 Å². The lowest BCUT2D eigenvalue weighted by atomic mass is 9.84. The number of carbonyl (C=O) groups is 1. The Morgan fingerprint density at radius 1 is 0.800 bits per heavy atom. The van der Waals surface area contributed by atoms with E-state index in [0.29, 0.717) is 12.3 Å². The van der Waals surface area contributed by atoms with Crippen LogP contribution < -0.4 is 0 Å². The summed E-state index contributed by atoms with van der Waals surface area (Å²) in [6, 6.07) is 21.0. The first-order valence-electron chi connectivity index (χ1n) is 11.5. The van der Waals surface area contributed by atoms with Crippen LogP contribution >= 0.6 is 0 Å². The molecule has 5 rings (SSSR count). The van der Waals surface area contributed by atoms with Gasteiger partial charge in [0.25, 0.3) is 5.91 Å². The molecule has 156 valence electrons. The van der Waals surface area contributed by atoms with Crippen LogP contribution in [-0.4, -0.2) is 22.6 Å². The van der Waals surface area contributed by atoms with Crippen molar-refractivity contribution in [3.63, 3.8) is 0 Å². The zero-order chi connectivity index (χ0) is 20.3. The molecule has 2 heterocycles. The Kier molecular flexibility index (Phi) is 5.56. The van der Waals surface area contributed by atoms with Crippen molar-refractivity contribution in [1.29, 1.82) is 0 Å². The van der Waals surface area contributed by atoms with E-state index in [1.54, 1.807) is 0 Å². The first kappa shape index (κ1) is 19.3. The second kappa shape index (κ2) is 8.63. The SMILES string of the molecule is O=C([C@H]1CC(C2CCCCC2)=NO1)N1[C@H](c2ccccc2)CC[C@H]1c1ccccc1. The van der Waals surface area contributed by atoms with E-state index < -0.39 is 6.10 Å². The Morgan fingerprint density at radius 3 is 1.93 bits per heavy atom. The molecule has 3 atom stereocenters. The van der Waals surface area contributed by atoms with E-state index in [4.69, 9.17) is 4.84 Å². The van der Waals surface area contributed by atoms with E-state index in [0.717, 1.165) is 18.6 Å². The number of carbonyl (C=O) groups excluding carboxylic acids is 1. The fraction of sp³-hybridized carbons (Fsp3) is 0.462. The third kappa shape index (κ3) is 3.76. The number of likely N-dealkylation sites (tertiary alicyclic amines) is 1. The summed E-state index contributed by atoms with van der Waals surface area (Å²) in [5.41, 5.74) is 3.52. The zero-order valence-corrected chi connectivity index (χ0v) is 17.5. The molecule has 0 spiro atoms. The lowest BCUT2D eigenvalue weighted by molar-refractivity contribution is -0.145. The molecule has 2 fully saturated rings. The van der Waals surface area contributed by atoms with Crippen LogP contribution in [0.4, 0.5) is 0 Å². The van der Waals surface area contributed by atoms with E-state index in [1.807, 2.05) is 12.1 Å². The quantitative estimate of drug-likeness (QED) is 0.647. The molecule has 3 aliphatic rings. The maximum Gasteiger partial charge on any atom is 0.267 e. The average molecular weight is 403 g/mol. The highest BCUT2D eigenvalue weighted by molar-refractivity contribution is 5.94. The van der Waals surface area contributed by atoms with Crippen molar-refractivity contribution in [2.75, 3.05) is 0 Å². The monoisotopic (exact) mass is 402 g/mol. The summed E-state index contributed by atoms with van der Waals surface area (Å²) in [6.45, 7) is 0. The van der Waals surface area contributed by atoms with Gasteiger partial charge in [-0.2, -0.15) is 0 Å². The van der Waals surface area contributed by atoms with E-state index in [-0.39, 0.29) is 18.0 Å². The Morgan fingerprint density at radius 2 is 1.37 bits per heavy atom. The molecule has 2 aromatic carbocycles. The van der Waals surface area contributed by atoms with Crippen LogP contribution in [0.3, 0.4) is 0 Å². The normalized spacial score (nSPS) is 27.0. The molecule has 0 aromatic heterocycles. The van der Waals surface area contributed by atoms with Gasteiger partial charge >= 0.3 is 0 Å². The van der Waals surface area contributed by atoms with Gasteiger partial charge in [-0.15, -0.1) is 0 Å². The van der Waals surface area contributed by atoms with E-state index in [1.165, 1.54) is 43.2 Å². The molecular formula is C26H30N2O2. The van der Waals surface area contributed by atoms with Gasteiger partial charge in [-0.25, -0.2) is 0 Å². The molecule has 0 N–H and O–H groups in total. The standard InChI is InChI=1S/C26H30N2O2/c29-26(25-18-22(27-30-25)19-10-4-1-5-11-19)28-23(20-12-6-2-7-13-20)16-17-24(28)21-14-8-3-9-15-21/h2-3,6-9,12-15,19,23-25H,1,4-5,10-11,16-18H2/t23-,24-,25+/m0/s1. The summed E-state index contributed by atoms with van der Waals surface area (Å²) in [5.74, 6) is 0.592.